The first-order valence-corrected chi connectivity index (χ1v) is 5.23. The SMILES string of the molecule is [2H]C([2H])(O)/C=C/[13c]1[13cH][13cH][13c](OCCOCC)[13cH][13cH]1. The molecule has 0 atom stereocenters. The minimum Gasteiger partial charge on any atom is -0.491 e. The third kappa shape index (κ3) is 4.96. The average molecular weight is 230 g/mol. The van der Waals surface area contributed by atoms with Gasteiger partial charge in [0.25, 0.3) is 0 Å². The van der Waals surface area contributed by atoms with E-state index in [0.29, 0.717) is 19.8 Å². The van der Waals surface area contributed by atoms with Crippen molar-refractivity contribution in [2.75, 3.05) is 26.4 Å². The highest BCUT2D eigenvalue weighted by molar-refractivity contribution is 5.50. The summed E-state index contributed by atoms with van der Waals surface area (Å²) >= 11 is 0. The zero-order chi connectivity index (χ0) is 13.4. The fourth-order valence-corrected chi connectivity index (χ4v) is 1.17. The molecule has 0 radical (unpaired) electrons. The quantitative estimate of drug-likeness (QED) is 0.729. The molecule has 0 aliphatic carbocycles. The lowest BCUT2D eigenvalue weighted by Gasteiger charge is -2.06. The lowest BCUT2D eigenvalue weighted by molar-refractivity contribution is 0.110. The van der Waals surface area contributed by atoms with E-state index in [9.17, 15) is 0 Å². The predicted molar refractivity (Wildman–Crippen MR) is 64.5 cm³/mol. The van der Waals surface area contributed by atoms with Gasteiger partial charge >= 0.3 is 0 Å². The van der Waals surface area contributed by atoms with Crippen LogP contribution in [0.1, 0.15) is 15.2 Å². The summed E-state index contributed by atoms with van der Waals surface area (Å²) in [6.07, 6.45) is 2.61. The van der Waals surface area contributed by atoms with Crippen molar-refractivity contribution >= 4 is 6.08 Å². The molecular weight excluding hydrogens is 210 g/mol. The smallest absolute Gasteiger partial charge is 0.119 e. The van der Waals surface area contributed by atoms with Crippen LogP contribution in [0.2, 0.25) is 0 Å². The molecule has 16 heavy (non-hydrogen) atoms. The molecule has 1 aromatic carbocycles. The van der Waals surface area contributed by atoms with E-state index in [1.165, 1.54) is 6.08 Å². The van der Waals surface area contributed by atoms with Crippen molar-refractivity contribution < 1.29 is 17.3 Å². The monoisotopic (exact) mass is 230 g/mol. The summed E-state index contributed by atoms with van der Waals surface area (Å²) in [4.78, 5) is 0. The van der Waals surface area contributed by atoms with Crippen LogP contribution >= 0.6 is 0 Å². The maximum absolute atomic E-state index is 8.91. The second-order valence-electron chi connectivity index (χ2n) is 3.08. The third-order valence-electron chi connectivity index (χ3n) is 1.93. The number of benzene rings is 1. The fraction of sp³-hybridized carbons (Fsp3) is 0.385. The first-order chi connectivity index (χ1) is 8.51. The van der Waals surface area contributed by atoms with Crippen molar-refractivity contribution in [3.63, 3.8) is 0 Å². The second kappa shape index (κ2) is 7.91. The van der Waals surface area contributed by atoms with Crippen LogP contribution in [-0.2, 0) is 4.74 Å². The van der Waals surface area contributed by atoms with Crippen LogP contribution < -0.4 is 4.74 Å². The van der Waals surface area contributed by atoms with E-state index in [1.54, 1.807) is 24.3 Å². The van der Waals surface area contributed by atoms with Crippen molar-refractivity contribution in [3.05, 3.63) is 35.9 Å². The molecule has 1 N–H and O–H groups in total. The van der Waals surface area contributed by atoms with Gasteiger partial charge in [0.05, 0.1) is 15.9 Å². The number of hydrogen-bond acceptors (Lipinski definition) is 3. The zero-order valence-corrected chi connectivity index (χ0v) is 9.35. The molecule has 0 aliphatic rings. The predicted octanol–water partition coefficient (Wildman–Crippen LogP) is 2.11. The normalized spacial score (nSPS) is 13.6. The number of rotatable bonds is 7. The van der Waals surface area contributed by atoms with Crippen molar-refractivity contribution in [2.24, 2.45) is 0 Å². The molecule has 0 saturated carbocycles. The molecule has 0 amide bonds. The van der Waals surface area contributed by atoms with Gasteiger partial charge in [-0.05, 0) is 24.6 Å². The summed E-state index contributed by atoms with van der Waals surface area (Å²) in [5.41, 5.74) is 0.796. The third-order valence-corrected chi connectivity index (χ3v) is 1.93. The zero-order valence-electron chi connectivity index (χ0n) is 11.3. The summed E-state index contributed by atoms with van der Waals surface area (Å²) < 4.78 is 24.5. The molecule has 3 heteroatoms. The van der Waals surface area contributed by atoms with Gasteiger partial charge < -0.3 is 14.6 Å². The van der Waals surface area contributed by atoms with Crippen LogP contribution in [0, 0.1) is 0 Å². The van der Waals surface area contributed by atoms with Crippen molar-refractivity contribution in [1.29, 1.82) is 0 Å². The van der Waals surface area contributed by atoms with E-state index in [0.717, 1.165) is 17.4 Å². The Morgan fingerprint density at radius 2 is 2.06 bits per heavy atom. The Labute approximate surface area is 99.1 Å². The average Bonchev–Trinajstić information content (AvgIpc) is 2.33. The molecule has 1 rings (SSSR count). The summed E-state index contributed by atoms with van der Waals surface area (Å²) in [5.74, 6) is 0.735. The molecule has 88 valence electrons. The van der Waals surface area contributed by atoms with Gasteiger partial charge in [-0.15, -0.1) is 0 Å². The Bertz CT molecular complexity index is 369. The minimum absolute atomic E-state index is 0.502. The maximum atomic E-state index is 8.91. The number of ether oxygens (including phenoxy) is 2. The highest BCUT2D eigenvalue weighted by Gasteiger charge is 1.93. The van der Waals surface area contributed by atoms with Crippen LogP contribution in [0.5, 0.6) is 5.75 Å². The number of hydrogen-bond donors (Lipinski definition) is 1. The Morgan fingerprint density at radius 1 is 1.31 bits per heavy atom. The van der Waals surface area contributed by atoms with E-state index in [1.807, 2.05) is 6.92 Å². The topological polar surface area (TPSA) is 38.7 Å². The van der Waals surface area contributed by atoms with Gasteiger partial charge in [0.2, 0.25) is 0 Å². The van der Waals surface area contributed by atoms with Crippen molar-refractivity contribution in [3.8, 4) is 5.75 Å². The van der Waals surface area contributed by atoms with Crippen molar-refractivity contribution in [2.45, 2.75) is 6.92 Å². The fourth-order valence-electron chi connectivity index (χ4n) is 1.17. The molecule has 0 bridgehead atoms. The Morgan fingerprint density at radius 3 is 2.69 bits per heavy atom. The molecule has 0 aromatic heterocycles. The highest BCUT2D eigenvalue weighted by Crippen LogP contribution is 2.12. The van der Waals surface area contributed by atoms with Crippen molar-refractivity contribution in [1.82, 2.24) is 0 Å². The molecule has 0 unspecified atom stereocenters. The first kappa shape index (κ1) is 9.87. The van der Waals surface area contributed by atoms with Gasteiger partial charge in [0.1, 0.15) is 12.4 Å². The lowest BCUT2D eigenvalue weighted by atomic mass is 10.6. The molecule has 0 spiro atoms. The molecule has 0 heterocycles. The maximum Gasteiger partial charge on any atom is 0.119 e. The molecule has 0 fully saturated rings. The standard InChI is InChI=1S/C13H18O3/c1-2-15-10-11-16-13-7-5-12(6-8-13)4-3-9-14/h3-8,14H,2,9-11H2,1H3/b4-3+/i5+1,6+1,7+1,8+1,9D2,12+1,13+1. The van der Waals surface area contributed by atoms with Crippen LogP contribution in [0.25, 0.3) is 6.08 Å². The summed E-state index contributed by atoms with van der Waals surface area (Å²) in [5, 5.41) is 8.91. The van der Waals surface area contributed by atoms with Gasteiger partial charge in [-0.2, -0.15) is 0 Å². The van der Waals surface area contributed by atoms with Crippen LogP contribution in [0.15, 0.2) is 30.3 Å². The van der Waals surface area contributed by atoms with Gasteiger partial charge in [-0.25, -0.2) is 0 Å². The van der Waals surface area contributed by atoms with Crippen LogP contribution in [0.3, 0.4) is 0 Å². The van der Waals surface area contributed by atoms with Gasteiger partial charge in [-0.3, -0.25) is 0 Å². The van der Waals surface area contributed by atoms with E-state index in [2.05, 4.69) is 0 Å². The van der Waals surface area contributed by atoms with E-state index < -0.39 is 6.56 Å². The minimum atomic E-state index is -2.29. The van der Waals surface area contributed by atoms with E-state index in [4.69, 9.17) is 17.3 Å². The van der Waals surface area contributed by atoms with Crippen LogP contribution in [-0.4, -0.2) is 31.5 Å². The highest BCUT2D eigenvalue weighted by atomic mass is 16.6. The lowest BCUT2D eigenvalue weighted by Crippen LogP contribution is -2.06. The van der Waals surface area contributed by atoms with Gasteiger partial charge in [0, 0.05) is 6.61 Å². The van der Waals surface area contributed by atoms with E-state index >= 15 is 0 Å². The van der Waals surface area contributed by atoms with E-state index in [-0.39, 0.29) is 0 Å². The second-order valence-corrected chi connectivity index (χ2v) is 3.08. The number of aliphatic hydroxyl groups is 1. The molecule has 3 nitrogen and oxygen atoms in total. The molecule has 1 aromatic rings. The Kier molecular flexibility index (Phi) is 4.88. The Balaban J connectivity index is 2.45. The Hall–Kier alpha value is -1.32. The summed E-state index contributed by atoms with van der Waals surface area (Å²) in [6.45, 7) is 1.38. The van der Waals surface area contributed by atoms with Gasteiger partial charge in [-0.1, -0.05) is 24.3 Å². The summed E-state index contributed by atoms with van der Waals surface area (Å²) in [6, 6.07) is 7.16. The molecule has 0 aliphatic heterocycles. The largest absolute Gasteiger partial charge is 0.491 e. The van der Waals surface area contributed by atoms with Crippen LogP contribution in [0.4, 0.5) is 0 Å². The summed E-state index contributed by atoms with van der Waals surface area (Å²) in [7, 11) is 0. The molecular formula is C13H18O3. The first-order valence-electron chi connectivity index (χ1n) is 6.23. The van der Waals surface area contributed by atoms with Gasteiger partial charge in [0.15, 0.2) is 0 Å². The molecule has 0 saturated heterocycles.